The highest BCUT2D eigenvalue weighted by atomic mass is 16.5. The van der Waals surface area contributed by atoms with Gasteiger partial charge in [0.2, 0.25) is 0 Å². The number of ketones is 1. The molecule has 4 nitrogen and oxygen atoms in total. The minimum Gasteiger partial charge on any atom is -0.384 e. The van der Waals surface area contributed by atoms with Crippen molar-refractivity contribution in [2.24, 2.45) is 11.8 Å². The van der Waals surface area contributed by atoms with Crippen molar-refractivity contribution in [2.75, 3.05) is 26.8 Å². The van der Waals surface area contributed by atoms with Crippen LogP contribution in [-0.2, 0) is 11.2 Å². The molecule has 0 saturated carbocycles. The molecule has 3 rings (SSSR count). The number of hydrogen-bond acceptors (Lipinski definition) is 3. The zero-order chi connectivity index (χ0) is 16.4. The standard InChI is InChI=1S/C19H25NO3/c1-13(12-23-2)14-8-10-20(11-9-14)19(22)17-5-3-4-16-15(17)6-7-18(16)21/h3-5,13-14H,6-12H2,1-2H3/t13-/m0/s1. The highest BCUT2D eigenvalue weighted by molar-refractivity contribution is 6.05. The molecule has 23 heavy (non-hydrogen) atoms. The largest absolute Gasteiger partial charge is 0.384 e. The summed E-state index contributed by atoms with van der Waals surface area (Å²) in [4.78, 5) is 26.7. The summed E-state index contributed by atoms with van der Waals surface area (Å²) in [6, 6.07) is 5.56. The number of ether oxygens (including phenoxy) is 1. The van der Waals surface area contributed by atoms with E-state index >= 15 is 0 Å². The van der Waals surface area contributed by atoms with Crippen molar-refractivity contribution in [1.29, 1.82) is 0 Å². The van der Waals surface area contributed by atoms with E-state index in [1.165, 1.54) is 0 Å². The second-order valence-electron chi connectivity index (χ2n) is 6.82. The van der Waals surface area contributed by atoms with Gasteiger partial charge in [-0.2, -0.15) is 0 Å². The van der Waals surface area contributed by atoms with Crippen molar-refractivity contribution in [3.05, 3.63) is 34.9 Å². The second kappa shape index (κ2) is 6.83. The molecule has 1 atom stereocenters. The Bertz CT molecular complexity index is 603. The minimum atomic E-state index is 0.0920. The number of Topliss-reactive ketones (excluding diaryl/α,β-unsaturated/α-hetero) is 1. The number of nitrogens with zero attached hydrogens (tertiary/aromatic N) is 1. The van der Waals surface area contributed by atoms with Gasteiger partial charge in [-0.25, -0.2) is 0 Å². The molecule has 2 aliphatic rings. The van der Waals surface area contributed by atoms with Crippen molar-refractivity contribution in [2.45, 2.75) is 32.6 Å². The van der Waals surface area contributed by atoms with Gasteiger partial charge in [0.15, 0.2) is 5.78 Å². The molecule has 124 valence electrons. The average Bonchev–Trinajstić information content (AvgIpc) is 2.96. The number of rotatable bonds is 4. The van der Waals surface area contributed by atoms with Gasteiger partial charge < -0.3 is 9.64 Å². The SMILES string of the molecule is COC[C@H](C)C1CCN(C(=O)c2cccc3c2CCC3=O)CC1. The number of piperidine rings is 1. The number of fused-ring (bicyclic) bond motifs is 1. The Morgan fingerprint density at radius 2 is 2.04 bits per heavy atom. The van der Waals surface area contributed by atoms with Gasteiger partial charge in [-0.1, -0.05) is 19.1 Å². The molecular weight excluding hydrogens is 290 g/mol. The lowest BCUT2D eigenvalue weighted by Gasteiger charge is -2.35. The molecule has 1 amide bonds. The Kier molecular flexibility index (Phi) is 4.81. The third-order valence-electron chi connectivity index (χ3n) is 5.37. The normalized spacial score (nSPS) is 19.7. The maximum atomic E-state index is 12.9. The van der Waals surface area contributed by atoms with Crippen molar-refractivity contribution in [1.82, 2.24) is 4.90 Å². The van der Waals surface area contributed by atoms with Gasteiger partial charge in [-0.3, -0.25) is 9.59 Å². The van der Waals surface area contributed by atoms with E-state index in [4.69, 9.17) is 4.74 Å². The Hall–Kier alpha value is -1.68. The predicted molar refractivity (Wildman–Crippen MR) is 88.8 cm³/mol. The number of carbonyl (C=O) groups excluding carboxylic acids is 2. The molecule has 1 aliphatic heterocycles. The molecule has 1 aliphatic carbocycles. The maximum Gasteiger partial charge on any atom is 0.254 e. The smallest absolute Gasteiger partial charge is 0.254 e. The van der Waals surface area contributed by atoms with Crippen LogP contribution in [0.3, 0.4) is 0 Å². The van der Waals surface area contributed by atoms with E-state index in [1.54, 1.807) is 7.11 Å². The molecule has 0 bridgehead atoms. The number of benzene rings is 1. The molecule has 1 aromatic rings. The lowest BCUT2D eigenvalue weighted by molar-refractivity contribution is 0.0597. The van der Waals surface area contributed by atoms with E-state index < -0.39 is 0 Å². The van der Waals surface area contributed by atoms with Crippen LogP contribution in [0, 0.1) is 11.8 Å². The molecule has 1 heterocycles. The summed E-state index contributed by atoms with van der Waals surface area (Å²) >= 11 is 0. The second-order valence-corrected chi connectivity index (χ2v) is 6.82. The average molecular weight is 315 g/mol. The molecule has 0 spiro atoms. The first-order valence-corrected chi connectivity index (χ1v) is 8.55. The van der Waals surface area contributed by atoms with Gasteiger partial charge >= 0.3 is 0 Å². The van der Waals surface area contributed by atoms with Gasteiger partial charge in [0.25, 0.3) is 5.91 Å². The van der Waals surface area contributed by atoms with E-state index in [0.717, 1.165) is 49.2 Å². The fraction of sp³-hybridized carbons (Fsp3) is 0.579. The van der Waals surface area contributed by atoms with Gasteiger partial charge in [0.05, 0.1) is 0 Å². The first-order valence-electron chi connectivity index (χ1n) is 8.55. The summed E-state index contributed by atoms with van der Waals surface area (Å²) < 4.78 is 5.25. The van der Waals surface area contributed by atoms with Crippen LogP contribution in [0.5, 0.6) is 0 Å². The molecule has 0 N–H and O–H groups in total. The zero-order valence-electron chi connectivity index (χ0n) is 14.0. The van der Waals surface area contributed by atoms with Crippen LogP contribution in [0.2, 0.25) is 0 Å². The molecule has 1 saturated heterocycles. The van der Waals surface area contributed by atoms with Crippen LogP contribution in [0.4, 0.5) is 0 Å². The van der Waals surface area contributed by atoms with Crippen LogP contribution >= 0.6 is 0 Å². The van der Waals surface area contributed by atoms with Crippen LogP contribution in [0.15, 0.2) is 18.2 Å². The van der Waals surface area contributed by atoms with Gasteiger partial charge in [0.1, 0.15) is 0 Å². The summed E-state index contributed by atoms with van der Waals surface area (Å²) in [6.45, 7) is 4.61. The quantitative estimate of drug-likeness (QED) is 0.858. The summed E-state index contributed by atoms with van der Waals surface area (Å²) in [6.07, 6.45) is 3.31. The van der Waals surface area contributed by atoms with Gasteiger partial charge in [-0.05, 0) is 42.7 Å². The van der Waals surface area contributed by atoms with Crippen molar-refractivity contribution < 1.29 is 14.3 Å². The lowest BCUT2D eigenvalue weighted by atomic mass is 9.85. The lowest BCUT2D eigenvalue weighted by Crippen LogP contribution is -2.40. The van der Waals surface area contributed by atoms with Crippen molar-refractivity contribution >= 4 is 11.7 Å². The first-order chi connectivity index (χ1) is 11.1. The van der Waals surface area contributed by atoms with Crippen LogP contribution in [-0.4, -0.2) is 43.4 Å². The van der Waals surface area contributed by atoms with Crippen molar-refractivity contribution in [3.8, 4) is 0 Å². The van der Waals surface area contributed by atoms with E-state index in [1.807, 2.05) is 23.1 Å². The summed E-state index contributed by atoms with van der Waals surface area (Å²) in [7, 11) is 1.74. The molecule has 0 aromatic heterocycles. The summed E-state index contributed by atoms with van der Waals surface area (Å²) in [5.41, 5.74) is 2.44. The van der Waals surface area contributed by atoms with E-state index in [-0.39, 0.29) is 11.7 Å². The molecule has 1 fully saturated rings. The summed E-state index contributed by atoms with van der Waals surface area (Å²) in [5.74, 6) is 1.43. The van der Waals surface area contributed by atoms with E-state index in [9.17, 15) is 9.59 Å². The molecule has 1 aromatic carbocycles. The van der Waals surface area contributed by atoms with Gasteiger partial charge in [-0.15, -0.1) is 0 Å². The molecule has 0 unspecified atom stereocenters. The fourth-order valence-corrected chi connectivity index (χ4v) is 3.93. The summed E-state index contributed by atoms with van der Waals surface area (Å²) in [5, 5.41) is 0. The molecule has 4 heteroatoms. The van der Waals surface area contributed by atoms with Crippen molar-refractivity contribution in [3.63, 3.8) is 0 Å². The third kappa shape index (κ3) is 3.18. The fourth-order valence-electron chi connectivity index (χ4n) is 3.93. The Balaban J connectivity index is 1.68. The monoisotopic (exact) mass is 315 g/mol. The topological polar surface area (TPSA) is 46.6 Å². The first kappa shape index (κ1) is 16.2. The third-order valence-corrected chi connectivity index (χ3v) is 5.37. The predicted octanol–water partition coefficient (Wildman–Crippen LogP) is 2.95. The van der Waals surface area contributed by atoms with Crippen LogP contribution in [0.25, 0.3) is 0 Å². The Morgan fingerprint density at radius 3 is 2.74 bits per heavy atom. The number of amides is 1. The minimum absolute atomic E-state index is 0.0920. The Morgan fingerprint density at radius 1 is 1.30 bits per heavy atom. The van der Waals surface area contributed by atoms with Crippen LogP contribution < -0.4 is 0 Å². The number of likely N-dealkylation sites (tertiary alicyclic amines) is 1. The zero-order valence-corrected chi connectivity index (χ0v) is 14.0. The van der Waals surface area contributed by atoms with E-state index in [2.05, 4.69) is 6.92 Å². The molecule has 0 radical (unpaired) electrons. The molecular formula is C19H25NO3. The van der Waals surface area contributed by atoms with E-state index in [0.29, 0.717) is 24.7 Å². The highest BCUT2D eigenvalue weighted by Crippen LogP contribution is 2.29. The van der Waals surface area contributed by atoms with Gasteiger partial charge in [0, 0.05) is 44.4 Å². The Labute approximate surface area is 137 Å². The highest BCUT2D eigenvalue weighted by Gasteiger charge is 2.30. The number of carbonyl (C=O) groups is 2. The number of methoxy groups -OCH3 is 1. The maximum absolute atomic E-state index is 12.9. The number of hydrogen-bond donors (Lipinski definition) is 0. The van der Waals surface area contributed by atoms with Crippen LogP contribution in [0.1, 0.15) is 52.5 Å².